The van der Waals surface area contributed by atoms with Crippen LogP contribution in [0, 0.1) is 0 Å². The average Bonchev–Trinajstić information content (AvgIpc) is 3.30. The maximum atomic E-state index is 6.00. The maximum Gasteiger partial charge on any atom is 0.188 e. The lowest BCUT2D eigenvalue weighted by Crippen LogP contribution is -2.36. The number of nitrogens with one attached hydrogen (secondary N) is 1. The molecule has 1 aromatic heterocycles. The molecule has 1 aliphatic heterocycles. The summed E-state index contributed by atoms with van der Waals surface area (Å²) in [4.78, 5) is 6.99. The lowest BCUT2D eigenvalue weighted by atomic mass is 10.2. The third-order valence-corrected chi connectivity index (χ3v) is 4.75. The molecule has 3 rings (SSSR count). The lowest BCUT2D eigenvalue weighted by molar-refractivity contribution is 0.273. The highest BCUT2D eigenvalue weighted by molar-refractivity contribution is 14.0. The molecule has 0 amide bonds. The van der Waals surface area contributed by atoms with Crippen molar-refractivity contribution in [3.8, 4) is 5.69 Å². The molecule has 1 atom stereocenters. The SMILES string of the molecule is CCN1CCCC1CN=C(N)NCCc1cnn(-c2ccccc2)c1.I. The van der Waals surface area contributed by atoms with E-state index < -0.39 is 0 Å². The van der Waals surface area contributed by atoms with E-state index in [1.807, 2.05) is 41.2 Å². The molecule has 142 valence electrons. The van der Waals surface area contributed by atoms with Crippen LogP contribution in [0.25, 0.3) is 5.69 Å². The van der Waals surface area contributed by atoms with Crippen LogP contribution in [0.15, 0.2) is 47.7 Å². The first-order chi connectivity index (χ1) is 12.3. The second kappa shape index (κ2) is 10.5. The topological polar surface area (TPSA) is 71.5 Å². The minimum Gasteiger partial charge on any atom is -0.370 e. The minimum absolute atomic E-state index is 0. The highest BCUT2D eigenvalue weighted by Crippen LogP contribution is 2.16. The van der Waals surface area contributed by atoms with E-state index in [2.05, 4.69) is 33.4 Å². The number of rotatable bonds is 7. The summed E-state index contributed by atoms with van der Waals surface area (Å²) in [7, 11) is 0. The summed E-state index contributed by atoms with van der Waals surface area (Å²) in [6.45, 7) is 6.05. The number of guanidine groups is 1. The van der Waals surface area contributed by atoms with Crippen molar-refractivity contribution in [2.75, 3.05) is 26.2 Å². The van der Waals surface area contributed by atoms with Gasteiger partial charge in [-0.1, -0.05) is 25.1 Å². The molecule has 0 radical (unpaired) electrons. The van der Waals surface area contributed by atoms with E-state index in [9.17, 15) is 0 Å². The van der Waals surface area contributed by atoms with Crippen LogP contribution in [0.4, 0.5) is 0 Å². The number of benzene rings is 1. The highest BCUT2D eigenvalue weighted by atomic mass is 127. The zero-order valence-electron chi connectivity index (χ0n) is 15.3. The van der Waals surface area contributed by atoms with Crippen LogP contribution in [-0.2, 0) is 6.42 Å². The number of halogens is 1. The molecule has 26 heavy (non-hydrogen) atoms. The quantitative estimate of drug-likeness (QED) is 0.372. The minimum atomic E-state index is 0. The van der Waals surface area contributed by atoms with Gasteiger partial charge < -0.3 is 11.1 Å². The van der Waals surface area contributed by atoms with Crippen molar-refractivity contribution in [1.29, 1.82) is 0 Å². The summed E-state index contributed by atoms with van der Waals surface area (Å²) in [6, 6.07) is 10.7. The maximum absolute atomic E-state index is 6.00. The van der Waals surface area contributed by atoms with E-state index in [0.29, 0.717) is 12.0 Å². The van der Waals surface area contributed by atoms with Gasteiger partial charge in [-0.3, -0.25) is 9.89 Å². The van der Waals surface area contributed by atoms with Crippen LogP contribution >= 0.6 is 24.0 Å². The molecule has 7 heteroatoms. The third-order valence-electron chi connectivity index (χ3n) is 4.75. The van der Waals surface area contributed by atoms with Crippen molar-refractivity contribution < 1.29 is 0 Å². The number of hydrogen-bond donors (Lipinski definition) is 2. The molecule has 0 aliphatic carbocycles. The Labute approximate surface area is 172 Å². The molecule has 1 aliphatic rings. The molecule has 1 unspecified atom stereocenters. The molecular weight excluding hydrogens is 439 g/mol. The van der Waals surface area contributed by atoms with Crippen LogP contribution in [0.2, 0.25) is 0 Å². The monoisotopic (exact) mass is 468 g/mol. The zero-order valence-corrected chi connectivity index (χ0v) is 17.7. The van der Waals surface area contributed by atoms with Gasteiger partial charge in [0.2, 0.25) is 0 Å². The molecule has 0 saturated carbocycles. The fraction of sp³-hybridized carbons (Fsp3) is 0.474. The predicted octanol–water partition coefficient (Wildman–Crippen LogP) is 2.42. The number of aliphatic imine (C=N–C) groups is 1. The Bertz CT molecular complexity index is 684. The number of likely N-dealkylation sites (N-methyl/N-ethyl adjacent to an activating group) is 1. The van der Waals surface area contributed by atoms with Crippen molar-refractivity contribution in [2.45, 2.75) is 32.2 Å². The summed E-state index contributed by atoms with van der Waals surface area (Å²) < 4.78 is 1.90. The molecule has 1 aromatic carbocycles. The first-order valence-corrected chi connectivity index (χ1v) is 9.13. The summed E-state index contributed by atoms with van der Waals surface area (Å²) >= 11 is 0. The van der Waals surface area contributed by atoms with Crippen molar-refractivity contribution in [3.63, 3.8) is 0 Å². The molecule has 0 bridgehead atoms. The largest absolute Gasteiger partial charge is 0.370 e. The Hall–Kier alpha value is -1.61. The molecule has 3 N–H and O–H groups in total. The standard InChI is InChI=1S/C19H28N6.HI/c1-2-24-12-6-9-18(24)14-22-19(20)21-11-10-16-13-23-25(15-16)17-7-4-3-5-8-17;/h3-5,7-8,13,15,18H,2,6,9-12,14H2,1H3,(H3,20,21,22);1H. The van der Waals surface area contributed by atoms with E-state index in [0.717, 1.165) is 31.7 Å². The molecule has 6 nitrogen and oxygen atoms in total. The second-order valence-corrected chi connectivity index (χ2v) is 6.46. The van der Waals surface area contributed by atoms with E-state index >= 15 is 0 Å². The summed E-state index contributed by atoms with van der Waals surface area (Å²) in [5.74, 6) is 0.540. The lowest BCUT2D eigenvalue weighted by Gasteiger charge is -2.20. The van der Waals surface area contributed by atoms with Gasteiger partial charge in [-0.2, -0.15) is 5.10 Å². The molecule has 1 fully saturated rings. The van der Waals surface area contributed by atoms with Gasteiger partial charge in [0, 0.05) is 18.8 Å². The Kier molecular flexibility index (Phi) is 8.37. The Morgan fingerprint density at radius 2 is 2.15 bits per heavy atom. The summed E-state index contributed by atoms with van der Waals surface area (Å²) in [5.41, 5.74) is 8.25. The van der Waals surface area contributed by atoms with Crippen LogP contribution in [0.5, 0.6) is 0 Å². The van der Waals surface area contributed by atoms with Gasteiger partial charge in [0.15, 0.2) is 5.96 Å². The molecule has 2 heterocycles. The van der Waals surface area contributed by atoms with Crippen molar-refractivity contribution in [3.05, 3.63) is 48.3 Å². The third kappa shape index (κ3) is 5.70. The first kappa shape index (κ1) is 20.7. The second-order valence-electron chi connectivity index (χ2n) is 6.46. The number of nitrogens with zero attached hydrogens (tertiary/aromatic N) is 4. The Morgan fingerprint density at radius 1 is 1.35 bits per heavy atom. The van der Waals surface area contributed by atoms with Crippen molar-refractivity contribution >= 4 is 29.9 Å². The molecule has 0 spiro atoms. The highest BCUT2D eigenvalue weighted by Gasteiger charge is 2.22. The van der Waals surface area contributed by atoms with Gasteiger partial charge >= 0.3 is 0 Å². The number of nitrogens with two attached hydrogens (primary N) is 1. The number of hydrogen-bond acceptors (Lipinski definition) is 3. The smallest absolute Gasteiger partial charge is 0.188 e. The van der Waals surface area contributed by atoms with Crippen LogP contribution in [0.1, 0.15) is 25.3 Å². The van der Waals surface area contributed by atoms with E-state index in [1.165, 1.54) is 24.9 Å². The summed E-state index contributed by atoms with van der Waals surface area (Å²) in [6.07, 6.45) is 7.32. The Balaban J connectivity index is 0.00000243. The Morgan fingerprint density at radius 3 is 2.92 bits per heavy atom. The van der Waals surface area contributed by atoms with E-state index in [1.54, 1.807) is 0 Å². The first-order valence-electron chi connectivity index (χ1n) is 9.13. The van der Waals surface area contributed by atoms with Crippen LogP contribution in [0.3, 0.4) is 0 Å². The van der Waals surface area contributed by atoms with Gasteiger partial charge in [-0.05, 0) is 50.0 Å². The van der Waals surface area contributed by atoms with Gasteiger partial charge in [-0.15, -0.1) is 24.0 Å². The summed E-state index contributed by atoms with van der Waals surface area (Å²) in [5, 5.41) is 7.62. The van der Waals surface area contributed by atoms with Crippen LogP contribution in [-0.4, -0.2) is 52.9 Å². The van der Waals surface area contributed by atoms with Gasteiger partial charge in [-0.25, -0.2) is 4.68 Å². The number of likely N-dealkylation sites (tertiary alicyclic amines) is 1. The fourth-order valence-corrected chi connectivity index (χ4v) is 3.32. The van der Waals surface area contributed by atoms with Gasteiger partial charge in [0.1, 0.15) is 0 Å². The average molecular weight is 468 g/mol. The molecule has 2 aromatic rings. The van der Waals surface area contributed by atoms with Gasteiger partial charge in [0.05, 0.1) is 18.4 Å². The predicted molar refractivity (Wildman–Crippen MR) is 117 cm³/mol. The zero-order chi connectivity index (χ0) is 17.5. The van der Waals surface area contributed by atoms with Crippen LogP contribution < -0.4 is 11.1 Å². The van der Waals surface area contributed by atoms with E-state index in [4.69, 9.17) is 5.73 Å². The van der Waals surface area contributed by atoms with Crippen molar-refractivity contribution in [1.82, 2.24) is 20.0 Å². The number of aromatic nitrogens is 2. The normalized spacial score (nSPS) is 17.9. The fourth-order valence-electron chi connectivity index (χ4n) is 3.32. The molecule has 1 saturated heterocycles. The number of para-hydroxylation sites is 1. The van der Waals surface area contributed by atoms with Gasteiger partial charge in [0.25, 0.3) is 0 Å². The van der Waals surface area contributed by atoms with E-state index in [-0.39, 0.29) is 24.0 Å². The van der Waals surface area contributed by atoms with Crippen molar-refractivity contribution in [2.24, 2.45) is 10.7 Å². The molecular formula is C19H29IN6.